The monoisotopic (exact) mass is 380 g/mol. The van der Waals surface area contributed by atoms with E-state index in [4.69, 9.17) is 9.15 Å². The van der Waals surface area contributed by atoms with Crippen LogP contribution in [0.2, 0.25) is 0 Å². The maximum Gasteiger partial charge on any atom is 0.302 e. The van der Waals surface area contributed by atoms with Gasteiger partial charge in [-0.1, -0.05) is 12.1 Å². The number of nitrogens with one attached hydrogen (secondary N) is 1. The number of carbonyl (C=O) groups is 1. The van der Waals surface area contributed by atoms with Crippen molar-refractivity contribution in [1.82, 2.24) is 4.98 Å². The van der Waals surface area contributed by atoms with Crippen LogP contribution in [0.25, 0.3) is 22.2 Å². The number of anilines is 1. The van der Waals surface area contributed by atoms with Gasteiger partial charge in [-0.15, -0.1) is 0 Å². The molecule has 140 valence electrons. The van der Waals surface area contributed by atoms with Gasteiger partial charge in [0.1, 0.15) is 17.4 Å². The van der Waals surface area contributed by atoms with E-state index in [1.807, 2.05) is 0 Å². The van der Waals surface area contributed by atoms with E-state index < -0.39 is 11.7 Å². The zero-order valence-corrected chi connectivity index (χ0v) is 14.7. The van der Waals surface area contributed by atoms with Gasteiger partial charge >= 0.3 is 6.01 Å². The van der Waals surface area contributed by atoms with E-state index in [2.05, 4.69) is 10.3 Å². The molecule has 3 aromatic carbocycles. The smallest absolute Gasteiger partial charge is 0.302 e. The molecule has 0 atom stereocenters. The van der Waals surface area contributed by atoms with Crippen molar-refractivity contribution in [3.8, 4) is 16.9 Å². The van der Waals surface area contributed by atoms with Crippen molar-refractivity contribution in [2.75, 3.05) is 12.4 Å². The van der Waals surface area contributed by atoms with Gasteiger partial charge in [0.25, 0.3) is 5.91 Å². The maximum atomic E-state index is 13.2. The minimum atomic E-state index is -0.492. The van der Waals surface area contributed by atoms with Gasteiger partial charge in [0.2, 0.25) is 0 Å². The summed E-state index contributed by atoms with van der Waals surface area (Å²) in [6.07, 6.45) is 0. The second kappa shape index (κ2) is 7.11. The Hall–Kier alpha value is -3.74. The zero-order valence-electron chi connectivity index (χ0n) is 14.7. The fourth-order valence-electron chi connectivity index (χ4n) is 2.83. The number of halogens is 2. The quantitative estimate of drug-likeness (QED) is 0.539. The SMILES string of the molecule is COc1ccc(-c2ccc(F)cc2)c2oc(NC(=O)c3ccc(F)cc3)nc12. The summed E-state index contributed by atoms with van der Waals surface area (Å²) < 4.78 is 37.3. The molecule has 0 radical (unpaired) electrons. The number of ether oxygens (including phenoxy) is 1. The Kier molecular flexibility index (Phi) is 4.49. The van der Waals surface area contributed by atoms with Gasteiger partial charge in [-0.3, -0.25) is 10.1 Å². The number of oxazole rings is 1. The molecule has 28 heavy (non-hydrogen) atoms. The molecule has 4 rings (SSSR count). The summed E-state index contributed by atoms with van der Waals surface area (Å²) in [4.78, 5) is 16.6. The van der Waals surface area contributed by atoms with Crippen LogP contribution in [0.5, 0.6) is 5.75 Å². The first kappa shape index (κ1) is 17.7. The highest BCUT2D eigenvalue weighted by molar-refractivity contribution is 6.04. The number of methoxy groups -OCH3 is 1. The van der Waals surface area contributed by atoms with Crippen LogP contribution in [0, 0.1) is 11.6 Å². The summed E-state index contributed by atoms with van der Waals surface area (Å²) in [6.45, 7) is 0. The number of hydrogen-bond donors (Lipinski definition) is 1. The number of nitrogens with zero attached hydrogens (tertiary/aromatic N) is 1. The van der Waals surface area contributed by atoms with Gasteiger partial charge in [0.15, 0.2) is 11.1 Å². The largest absolute Gasteiger partial charge is 0.494 e. The van der Waals surface area contributed by atoms with Gasteiger partial charge in [-0.2, -0.15) is 4.98 Å². The summed E-state index contributed by atoms with van der Waals surface area (Å²) >= 11 is 0. The van der Waals surface area contributed by atoms with Crippen molar-refractivity contribution >= 4 is 23.0 Å². The van der Waals surface area contributed by atoms with E-state index in [1.165, 1.54) is 43.5 Å². The predicted octanol–water partition coefficient (Wildman–Crippen LogP) is 5.03. The molecule has 0 saturated heterocycles. The molecule has 0 aliphatic carbocycles. The van der Waals surface area contributed by atoms with Gasteiger partial charge in [0, 0.05) is 11.1 Å². The summed E-state index contributed by atoms with van der Waals surface area (Å²) in [5.41, 5.74) is 2.46. The molecule has 7 heteroatoms. The number of aromatic nitrogens is 1. The fourth-order valence-corrected chi connectivity index (χ4v) is 2.83. The molecule has 0 bridgehead atoms. The topological polar surface area (TPSA) is 64.4 Å². The normalized spacial score (nSPS) is 10.8. The molecule has 1 heterocycles. The lowest BCUT2D eigenvalue weighted by Crippen LogP contribution is -2.11. The Morgan fingerprint density at radius 3 is 2.25 bits per heavy atom. The average Bonchev–Trinajstić information content (AvgIpc) is 3.12. The van der Waals surface area contributed by atoms with Gasteiger partial charge in [-0.05, 0) is 54.1 Å². The Morgan fingerprint density at radius 2 is 1.61 bits per heavy atom. The van der Waals surface area contributed by atoms with E-state index in [9.17, 15) is 13.6 Å². The van der Waals surface area contributed by atoms with Crippen LogP contribution < -0.4 is 10.1 Å². The molecule has 0 aliphatic rings. The lowest BCUT2D eigenvalue weighted by Gasteiger charge is -2.05. The van der Waals surface area contributed by atoms with Gasteiger partial charge in [-0.25, -0.2) is 8.78 Å². The molecule has 4 aromatic rings. The van der Waals surface area contributed by atoms with Crippen LogP contribution in [0.4, 0.5) is 14.8 Å². The second-order valence-electron chi connectivity index (χ2n) is 5.98. The molecule has 0 fully saturated rings. The average molecular weight is 380 g/mol. The number of hydrogen-bond acceptors (Lipinski definition) is 4. The first-order valence-electron chi connectivity index (χ1n) is 8.35. The molecule has 1 amide bonds. The van der Waals surface area contributed by atoms with Crippen molar-refractivity contribution in [1.29, 1.82) is 0 Å². The number of carbonyl (C=O) groups excluding carboxylic acids is 1. The van der Waals surface area contributed by atoms with Crippen molar-refractivity contribution in [3.05, 3.63) is 77.9 Å². The molecule has 0 spiro atoms. The van der Waals surface area contributed by atoms with Crippen LogP contribution in [-0.4, -0.2) is 18.0 Å². The van der Waals surface area contributed by atoms with Crippen molar-refractivity contribution in [3.63, 3.8) is 0 Å². The molecular formula is C21H14F2N2O3. The standard InChI is InChI=1S/C21H14F2N2O3/c1-27-17-11-10-16(12-2-6-14(22)7-3-12)19-18(17)24-21(28-19)25-20(26)13-4-8-15(23)9-5-13/h2-11H,1H3,(H,24,25,26). The summed E-state index contributed by atoms with van der Waals surface area (Å²) in [5, 5.41) is 2.55. The molecular weight excluding hydrogens is 366 g/mol. The van der Waals surface area contributed by atoms with Crippen LogP contribution in [-0.2, 0) is 0 Å². The maximum absolute atomic E-state index is 13.2. The highest BCUT2D eigenvalue weighted by atomic mass is 19.1. The molecule has 0 unspecified atom stereocenters. The minimum absolute atomic E-state index is 0.0304. The lowest BCUT2D eigenvalue weighted by atomic mass is 10.0. The number of amides is 1. The predicted molar refractivity (Wildman–Crippen MR) is 100 cm³/mol. The fraction of sp³-hybridized carbons (Fsp3) is 0.0476. The highest BCUT2D eigenvalue weighted by Gasteiger charge is 2.18. The number of rotatable bonds is 4. The molecule has 1 N–H and O–H groups in total. The van der Waals surface area contributed by atoms with E-state index in [0.717, 1.165) is 5.56 Å². The Balaban J connectivity index is 1.74. The van der Waals surface area contributed by atoms with E-state index in [-0.39, 0.29) is 17.4 Å². The zero-order chi connectivity index (χ0) is 19.7. The van der Waals surface area contributed by atoms with E-state index in [1.54, 1.807) is 24.3 Å². The van der Waals surface area contributed by atoms with Crippen LogP contribution in [0.3, 0.4) is 0 Å². The first-order valence-corrected chi connectivity index (χ1v) is 8.35. The third kappa shape index (κ3) is 3.29. The third-order valence-electron chi connectivity index (χ3n) is 4.21. The van der Waals surface area contributed by atoms with Crippen LogP contribution in [0.1, 0.15) is 10.4 Å². The Morgan fingerprint density at radius 1 is 0.964 bits per heavy atom. The summed E-state index contributed by atoms with van der Waals surface area (Å²) in [5.74, 6) is -0.814. The Labute approximate surface area is 158 Å². The summed E-state index contributed by atoms with van der Waals surface area (Å²) in [7, 11) is 1.50. The van der Waals surface area contributed by atoms with Crippen molar-refractivity contribution in [2.24, 2.45) is 0 Å². The first-order chi connectivity index (χ1) is 13.5. The van der Waals surface area contributed by atoms with Gasteiger partial charge < -0.3 is 9.15 Å². The van der Waals surface area contributed by atoms with Gasteiger partial charge in [0.05, 0.1) is 7.11 Å². The van der Waals surface area contributed by atoms with E-state index >= 15 is 0 Å². The molecule has 0 aliphatic heterocycles. The highest BCUT2D eigenvalue weighted by Crippen LogP contribution is 2.36. The number of benzene rings is 3. The third-order valence-corrected chi connectivity index (χ3v) is 4.21. The molecule has 0 saturated carbocycles. The molecule has 1 aromatic heterocycles. The van der Waals surface area contributed by atoms with Crippen LogP contribution >= 0.6 is 0 Å². The van der Waals surface area contributed by atoms with E-state index in [0.29, 0.717) is 22.4 Å². The Bertz CT molecular complexity index is 1150. The number of fused-ring (bicyclic) bond motifs is 1. The van der Waals surface area contributed by atoms with Crippen molar-refractivity contribution in [2.45, 2.75) is 0 Å². The lowest BCUT2D eigenvalue weighted by molar-refractivity contribution is 0.102. The van der Waals surface area contributed by atoms with Crippen molar-refractivity contribution < 1.29 is 22.7 Å². The summed E-state index contributed by atoms with van der Waals surface area (Å²) in [6, 6.07) is 14.5. The second-order valence-corrected chi connectivity index (χ2v) is 5.98. The minimum Gasteiger partial charge on any atom is -0.494 e. The molecule has 5 nitrogen and oxygen atoms in total. The van der Waals surface area contributed by atoms with Crippen LogP contribution in [0.15, 0.2) is 65.1 Å².